The summed E-state index contributed by atoms with van der Waals surface area (Å²) in [6.45, 7) is 4.86. The van der Waals surface area contributed by atoms with Crippen LogP contribution in [0.2, 0.25) is 5.02 Å². The van der Waals surface area contributed by atoms with E-state index in [4.69, 9.17) is 11.6 Å². The van der Waals surface area contributed by atoms with Crippen LogP contribution in [0.15, 0.2) is 18.2 Å². The van der Waals surface area contributed by atoms with E-state index in [-0.39, 0.29) is 17.2 Å². The van der Waals surface area contributed by atoms with Crippen LogP contribution >= 0.6 is 11.6 Å². The number of carbonyl (C=O) groups is 1. The molecule has 1 aromatic carbocycles. The number of nitrogens with zero attached hydrogens (tertiary/aromatic N) is 2. The lowest BCUT2D eigenvalue weighted by Crippen LogP contribution is -2.31. The van der Waals surface area contributed by atoms with Crippen LogP contribution < -0.4 is 0 Å². The second kappa shape index (κ2) is 6.35. The average molecular weight is 271 g/mol. The lowest BCUT2D eigenvalue weighted by molar-refractivity contribution is -0.385. The Hall–Kier alpha value is -1.62. The minimum absolute atomic E-state index is 0.0443. The third-order valence-corrected chi connectivity index (χ3v) is 2.78. The average Bonchev–Trinajstić information content (AvgIpc) is 2.34. The molecule has 0 atom stereocenters. The van der Waals surface area contributed by atoms with Crippen LogP contribution in [-0.2, 0) is 0 Å². The standard InChI is InChI=1S/C12H15ClN2O3/c1-3-7-14(4-2)12(16)10-8-9(13)5-6-11(10)15(17)18/h5-6,8H,3-4,7H2,1-2H3. The number of halogens is 1. The van der Waals surface area contributed by atoms with Crippen molar-refractivity contribution in [3.8, 4) is 0 Å². The predicted molar refractivity (Wildman–Crippen MR) is 70.0 cm³/mol. The van der Waals surface area contributed by atoms with Gasteiger partial charge < -0.3 is 4.90 Å². The van der Waals surface area contributed by atoms with Gasteiger partial charge in [-0.25, -0.2) is 0 Å². The van der Waals surface area contributed by atoms with Gasteiger partial charge in [0.2, 0.25) is 0 Å². The van der Waals surface area contributed by atoms with Crippen LogP contribution in [-0.4, -0.2) is 28.8 Å². The van der Waals surface area contributed by atoms with E-state index in [1.54, 1.807) is 4.90 Å². The molecule has 0 bridgehead atoms. The smallest absolute Gasteiger partial charge is 0.282 e. The molecule has 0 aliphatic heterocycles. The molecular weight excluding hydrogens is 256 g/mol. The molecule has 0 saturated heterocycles. The Labute approximate surface area is 110 Å². The Kier molecular flexibility index (Phi) is 5.09. The summed E-state index contributed by atoms with van der Waals surface area (Å²) < 4.78 is 0. The maximum atomic E-state index is 12.2. The highest BCUT2D eigenvalue weighted by Crippen LogP contribution is 2.24. The van der Waals surface area contributed by atoms with Crippen LogP contribution in [0.3, 0.4) is 0 Å². The van der Waals surface area contributed by atoms with E-state index in [0.29, 0.717) is 18.1 Å². The summed E-state index contributed by atoms with van der Waals surface area (Å²) in [6.07, 6.45) is 0.800. The largest absolute Gasteiger partial charge is 0.339 e. The van der Waals surface area contributed by atoms with Crippen LogP contribution in [0, 0.1) is 10.1 Å². The molecule has 0 radical (unpaired) electrons. The summed E-state index contributed by atoms with van der Waals surface area (Å²) >= 11 is 5.80. The molecule has 6 heteroatoms. The van der Waals surface area contributed by atoms with Crippen molar-refractivity contribution >= 4 is 23.2 Å². The summed E-state index contributed by atoms with van der Waals surface area (Å²) in [4.78, 5) is 24.1. The number of hydrogen-bond donors (Lipinski definition) is 0. The van der Waals surface area contributed by atoms with Gasteiger partial charge in [0.25, 0.3) is 11.6 Å². The summed E-state index contributed by atoms with van der Waals surface area (Å²) in [5.74, 6) is -0.353. The van der Waals surface area contributed by atoms with Gasteiger partial charge in [0.15, 0.2) is 0 Å². The van der Waals surface area contributed by atoms with Crippen LogP contribution in [0.25, 0.3) is 0 Å². The molecule has 0 saturated carbocycles. The summed E-state index contributed by atoms with van der Waals surface area (Å²) in [6, 6.07) is 4.02. The number of carbonyl (C=O) groups excluding carboxylic acids is 1. The van der Waals surface area contributed by atoms with Gasteiger partial charge in [-0.05, 0) is 25.5 Å². The highest BCUT2D eigenvalue weighted by molar-refractivity contribution is 6.31. The molecule has 0 spiro atoms. The monoisotopic (exact) mass is 270 g/mol. The molecule has 1 amide bonds. The highest BCUT2D eigenvalue weighted by Gasteiger charge is 2.23. The van der Waals surface area contributed by atoms with Gasteiger partial charge in [0.05, 0.1) is 4.92 Å². The van der Waals surface area contributed by atoms with Gasteiger partial charge in [-0.15, -0.1) is 0 Å². The molecule has 0 aliphatic carbocycles. The molecule has 98 valence electrons. The van der Waals surface area contributed by atoms with Crippen molar-refractivity contribution in [1.82, 2.24) is 4.90 Å². The Bertz CT molecular complexity index is 463. The fraction of sp³-hybridized carbons (Fsp3) is 0.417. The van der Waals surface area contributed by atoms with E-state index >= 15 is 0 Å². The second-order valence-corrected chi connectivity index (χ2v) is 4.24. The van der Waals surface area contributed by atoms with Crippen LogP contribution in [0.5, 0.6) is 0 Å². The number of benzene rings is 1. The van der Waals surface area contributed by atoms with E-state index in [9.17, 15) is 14.9 Å². The second-order valence-electron chi connectivity index (χ2n) is 3.80. The van der Waals surface area contributed by atoms with Gasteiger partial charge in [0.1, 0.15) is 5.56 Å². The Morgan fingerprint density at radius 2 is 2.11 bits per heavy atom. The lowest BCUT2D eigenvalue weighted by Gasteiger charge is -2.20. The zero-order valence-electron chi connectivity index (χ0n) is 10.4. The van der Waals surface area contributed by atoms with Crippen molar-refractivity contribution in [3.63, 3.8) is 0 Å². The molecule has 0 fully saturated rings. The molecule has 5 nitrogen and oxygen atoms in total. The maximum Gasteiger partial charge on any atom is 0.282 e. The van der Waals surface area contributed by atoms with Gasteiger partial charge in [-0.2, -0.15) is 0 Å². The molecule has 0 unspecified atom stereocenters. The zero-order chi connectivity index (χ0) is 13.7. The molecular formula is C12H15ClN2O3. The molecule has 0 heterocycles. The van der Waals surface area contributed by atoms with Crippen molar-refractivity contribution in [2.75, 3.05) is 13.1 Å². The molecule has 1 rings (SSSR count). The van der Waals surface area contributed by atoms with E-state index in [1.807, 2.05) is 13.8 Å². The SMILES string of the molecule is CCCN(CC)C(=O)c1cc(Cl)ccc1[N+](=O)[O-]. The van der Waals surface area contributed by atoms with Crippen molar-refractivity contribution < 1.29 is 9.72 Å². The zero-order valence-corrected chi connectivity index (χ0v) is 11.1. The minimum atomic E-state index is -0.566. The molecule has 1 aromatic rings. The van der Waals surface area contributed by atoms with Crippen molar-refractivity contribution in [2.45, 2.75) is 20.3 Å². The number of nitro benzene ring substituents is 1. The van der Waals surface area contributed by atoms with E-state index in [2.05, 4.69) is 0 Å². The van der Waals surface area contributed by atoms with Gasteiger partial charge in [-0.1, -0.05) is 18.5 Å². The van der Waals surface area contributed by atoms with Crippen LogP contribution in [0.4, 0.5) is 5.69 Å². The third kappa shape index (κ3) is 3.20. The van der Waals surface area contributed by atoms with Crippen molar-refractivity contribution in [3.05, 3.63) is 38.9 Å². The summed E-state index contributed by atoms with van der Waals surface area (Å²) in [5, 5.41) is 11.2. The van der Waals surface area contributed by atoms with Crippen molar-refractivity contribution in [2.24, 2.45) is 0 Å². The summed E-state index contributed by atoms with van der Waals surface area (Å²) in [7, 11) is 0. The number of hydrogen-bond acceptors (Lipinski definition) is 3. The first-order chi connectivity index (χ1) is 8.51. The first kappa shape index (κ1) is 14.4. The first-order valence-corrected chi connectivity index (χ1v) is 6.12. The Morgan fingerprint density at radius 1 is 1.44 bits per heavy atom. The van der Waals surface area contributed by atoms with Crippen molar-refractivity contribution in [1.29, 1.82) is 0 Å². The van der Waals surface area contributed by atoms with Gasteiger partial charge >= 0.3 is 0 Å². The highest BCUT2D eigenvalue weighted by atomic mass is 35.5. The Morgan fingerprint density at radius 3 is 2.61 bits per heavy atom. The number of nitro groups is 1. The first-order valence-electron chi connectivity index (χ1n) is 5.74. The van der Waals surface area contributed by atoms with Gasteiger partial charge in [-0.3, -0.25) is 14.9 Å². The fourth-order valence-electron chi connectivity index (χ4n) is 1.68. The molecule has 0 N–H and O–H groups in total. The van der Waals surface area contributed by atoms with E-state index in [0.717, 1.165) is 6.42 Å². The third-order valence-electron chi connectivity index (χ3n) is 2.55. The molecule has 0 aromatic heterocycles. The fourth-order valence-corrected chi connectivity index (χ4v) is 1.85. The normalized spacial score (nSPS) is 10.2. The molecule has 18 heavy (non-hydrogen) atoms. The van der Waals surface area contributed by atoms with Gasteiger partial charge in [0, 0.05) is 24.2 Å². The maximum absolute atomic E-state index is 12.2. The van der Waals surface area contributed by atoms with E-state index in [1.165, 1.54) is 18.2 Å². The molecule has 0 aliphatic rings. The summed E-state index contributed by atoms with van der Waals surface area (Å²) in [5.41, 5.74) is -0.165. The Balaban J connectivity index is 3.17. The van der Waals surface area contributed by atoms with E-state index < -0.39 is 4.92 Å². The minimum Gasteiger partial charge on any atom is -0.339 e. The quantitative estimate of drug-likeness (QED) is 0.610. The topological polar surface area (TPSA) is 63.5 Å². The lowest BCUT2D eigenvalue weighted by atomic mass is 10.1. The van der Waals surface area contributed by atoms with Crippen LogP contribution in [0.1, 0.15) is 30.6 Å². The predicted octanol–water partition coefficient (Wildman–Crippen LogP) is 3.12. The number of amides is 1. The number of rotatable bonds is 5.